The first kappa shape index (κ1) is 24.3. The van der Waals surface area contributed by atoms with Crippen molar-refractivity contribution in [3.8, 4) is 11.3 Å². The largest absolute Gasteiger partial charge is 0.468 e. The minimum absolute atomic E-state index is 0.208. The number of hydrogen-bond acceptors (Lipinski definition) is 5. The number of thioether (sulfide) groups is 1. The van der Waals surface area contributed by atoms with Crippen molar-refractivity contribution >= 4 is 23.6 Å². The van der Waals surface area contributed by atoms with Crippen molar-refractivity contribution in [2.45, 2.75) is 30.2 Å². The van der Waals surface area contributed by atoms with Crippen LogP contribution >= 0.6 is 11.8 Å². The zero-order valence-corrected chi connectivity index (χ0v) is 20.5. The van der Waals surface area contributed by atoms with E-state index in [2.05, 4.69) is 17.4 Å². The average Bonchev–Trinajstić information content (AvgIpc) is 3.30. The summed E-state index contributed by atoms with van der Waals surface area (Å²) < 4.78 is 6.72. The number of carbonyl (C=O) groups is 2. The summed E-state index contributed by atoms with van der Waals surface area (Å²) in [7, 11) is 1.36. The maximum atomic E-state index is 13.1. The summed E-state index contributed by atoms with van der Waals surface area (Å²) in [6, 6.07) is 27.4. The lowest BCUT2D eigenvalue weighted by atomic mass is 10.1. The lowest BCUT2D eigenvalue weighted by molar-refractivity contribution is -0.139. The maximum Gasteiger partial charge on any atom is 0.318 e. The number of benzene rings is 3. The van der Waals surface area contributed by atoms with Gasteiger partial charge in [0.25, 0.3) is 5.91 Å². The zero-order chi connectivity index (χ0) is 24.6. The van der Waals surface area contributed by atoms with Gasteiger partial charge in [0.1, 0.15) is 5.25 Å². The third-order valence-corrected chi connectivity index (χ3v) is 6.64. The molecule has 1 atom stereocenters. The van der Waals surface area contributed by atoms with Crippen molar-refractivity contribution in [2.24, 2.45) is 0 Å². The molecule has 0 aliphatic heterocycles. The molecule has 0 fully saturated rings. The first-order chi connectivity index (χ1) is 17.0. The van der Waals surface area contributed by atoms with Gasteiger partial charge >= 0.3 is 5.97 Å². The topological polar surface area (TPSA) is 73.2 Å². The van der Waals surface area contributed by atoms with E-state index in [1.807, 2.05) is 77.6 Å². The summed E-state index contributed by atoms with van der Waals surface area (Å²) >= 11 is 1.31. The van der Waals surface area contributed by atoms with Gasteiger partial charge in [-0.25, -0.2) is 0 Å². The van der Waals surface area contributed by atoms with Crippen molar-refractivity contribution in [1.29, 1.82) is 0 Å². The minimum Gasteiger partial charge on any atom is -0.468 e. The lowest BCUT2D eigenvalue weighted by Crippen LogP contribution is -2.24. The van der Waals surface area contributed by atoms with Gasteiger partial charge in [0, 0.05) is 28.8 Å². The van der Waals surface area contributed by atoms with E-state index >= 15 is 0 Å². The number of rotatable bonds is 9. The van der Waals surface area contributed by atoms with Crippen LogP contribution in [0.4, 0.5) is 0 Å². The molecule has 6 nitrogen and oxygen atoms in total. The van der Waals surface area contributed by atoms with Crippen LogP contribution in [0, 0.1) is 0 Å². The summed E-state index contributed by atoms with van der Waals surface area (Å²) in [5.74, 6) is -0.538. The second-order valence-electron chi connectivity index (χ2n) is 8.01. The monoisotopic (exact) mass is 485 g/mol. The molecule has 1 amide bonds. The lowest BCUT2D eigenvalue weighted by Gasteiger charge is -2.13. The Kier molecular flexibility index (Phi) is 8.00. The number of aromatic nitrogens is 2. The quantitative estimate of drug-likeness (QED) is 0.261. The highest BCUT2D eigenvalue weighted by Gasteiger charge is 2.20. The number of esters is 1. The zero-order valence-electron chi connectivity index (χ0n) is 19.7. The van der Waals surface area contributed by atoms with Gasteiger partial charge in [-0.05, 0) is 24.6 Å². The van der Waals surface area contributed by atoms with Crippen molar-refractivity contribution in [3.05, 3.63) is 108 Å². The van der Waals surface area contributed by atoms with Gasteiger partial charge in [-0.3, -0.25) is 14.3 Å². The second kappa shape index (κ2) is 11.5. The number of carbonyl (C=O) groups excluding carboxylic acids is 2. The molecular formula is C28H27N3O3S. The smallest absolute Gasteiger partial charge is 0.318 e. The molecule has 1 N–H and O–H groups in total. The molecule has 0 spiro atoms. The molecular weight excluding hydrogens is 458 g/mol. The van der Waals surface area contributed by atoms with Crippen LogP contribution in [-0.4, -0.2) is 34.0 Å². The van der Waals surface area contributed by atoms with Crippen LogP contribution < -0.4 is 5.32 Å². The van der Waals surface area contributed by atoms with Crippen LogP contribution in [0.3, 0.4) is 0 Å². The van der Waals surface area contributed by atoms with Gasteiger partial charge in [0.05, 0.1) is 24.9 Å². The normalized spacial score (nSPS) is 11.6. The SMILES string of the molecule is COC(=O)C(C)Sc1ccccc1C(=O)NCc1cn(Cc2ccccc2)nc1-c1ccccc1. The van der Waals surface area contributed by atoms with E-state index in [4.69, 9.17) is 9.84 Å². The van der Waals surface area contributed by atoms with Crippen molar-refractivity contribution in [1.82, 2.24) is 15.1 Å². The van der Waals surface area contributed by atoms with Crippen molar-refractivity contribution in [2.75, 3.05) is 7.11 Å². The molecule has 1 unspecified atom stereocenters. The number of amides is 1. The van der Waals surface area contributed by atoms with E-state index in [1.54, 1.807) is 13.0 Å². The number of ether oxygens (including phenoxy) is 1. The molecule has 7 heteroatoms. The Hall–Kier alpha value is -3.84. The Bertz CT molecular complexity index is 1290. The van der Waals surface area contributed by atoms with Gasteiger partial charge in [-0.2, -0.15) is 5.10 Å². The summed E-state index contributed by atoms with van der Waals surface area (Å²) in [5, 5.41) is 7.44. The van der Waals surface area contributed by atoms with E-state index in [0.717, 1.165) is 27.3 Å². The summed E-state index contributed by atoms with van der Waals surface area (Å²) in [6.45, 7) is 2.72. The standard InChI is InChI=1S/C28H27N3O3S/c1-20(28(33)34-2)35-25-16-10-9-15-24(25)27(32)29-17-23-19-31(18-21-11-5-3-6-12-21)30-26(23)22-13-7-4-8-14-22/h3-16,19-20H,17-18H2,1-2H3,(H,29,32). The molecule has 0 aliphatic rings. The molecule has 178 valence electrons. The molecule has 1 aromatic heterocycles. The highest BCUT2D eigenvalue weighted by molar-refractivity contribution is 8.00. The predicted molar refractivity (Wildman–Crippen MR) is 138 cm³/mol. The van der Waals surface area contributed by atoms with Gasteiger partial charge in [-0.1, -0.05) is 72.8 Å². The fraction of sp³-hybridized carbons (Fsp3) is 0.179. The number of methoxy groups -OCH3 is 1. The van der Waals surface area contributed by atoms with Crippen molar-refractivity contribution in [3.63, 3.8) is 0 Å². The Balaban J connectivity index is 1.54. The molecule has 0 radical (unpaired) electrons. The first-order valence-electron chi connectivity index (χ1n) is 11.3. The van der Waals surface area contributed by atoms with E-state index in [9.17, 15) is 9.59 Å². The molecule has 0 saturated carbocycles. The van der Waals surface area contributed by atoms with E-state index in [-0.39, 0.29) is 11.9 Å². The van der Waals surface area contributed by atoms with Gasteiger partial charge in [-0.15, -0.1) is 11.8 Å². The highest BCUT2D eigenvalue weighted by Crippen LogP contribution is 2.28. The number of nitrogens with one attached hydrogen (secondary N) is 1. The summed E-state index contributed by atoms with van der Waals surface area (Å²) in [4.78, 5) is 25.7. The minimum atomic E-state index is -0.421. The Morgan fingerprint density at radius 3 is 2.34 bits per heavy atom. The first-order valence-corrected chi connectivity index (χ1v) is 12.2. The van der Waals surface area contributed by atoms with Crippen LogP contribution in [0.25, 0.3) is 11.3 Å². The summed E-state index contributed by atoms with van der Waals surface area (Å²) in [5.41, 5.74) is 4.42. The molecule has 35 heavy (non-hydrogen) atoms. The van der Waals surface area contributed by atoms with Crippen LogP contribution in [0.5, 0.6) is 0 Å². The predicted octanol–water partition coefficient (Wildman–Crippen LogP) is 5.18. The Morgan fingerprint density at radius 2 is 1.63 bits per heavy atom. The molecule has 3 aromatic carbocycles. The van der Waals surface area contributed by atoms with Gasteiger partial charge < -0.3 is 10.1 Å². The molecule has 0 aliphatic carbocycles. The number of nitrogens with zero attached hydrogens (tertiary/aromatic N) is 2. The Morgan fingerprint density at radius 1 is 0.971 bits per heavy atom. The van der Waals surface area contributed by atoms with E-state index in [1.165, 1.54) is 18.9 Å². The maximum absolute atomic E-state index is 13.1. The van der Waals surface area contributed by atoms with Crippen LogP contribution in [0.2, 0.25) is 0 Å². The van der Waals surface area contributed by atoms with Crippen LogP contribution in [0.1, 0.15) is 28.4 Å². The molecule has 0 saturated heterocycles. The molecule has 0 bridgehead atoms. The van der Waals surface area contributed by atoms with Crippen molar-refractivity contribution < 1.29 is 14.3 Å². The number of hydrogen-bond donors (Lipinski definition) is 1. The third kappa shape index (κ3) is 6.19. The molecule has 4 rings (SSSR count). The van der Waals surface area contributed by atoms with E-state index < -0.39 is 5.25 Å². The van der Waals surface area contributed by atoms with Gasteiger partial charge in [0.2, 0.25) is 0 Å². The molecule has 4 aromatic rings. The van der Waals surface area contributed by atoms with Crippen LogP contribution in [-0.2, 0) is 22.6 Å². The fourth-order valence-electron chi connectivity index (χ4n) is 3.71. The second-order valence-corrected chi connectivity index (χ2v) is 9.40. The fourth-order valence-corrected chi connectivity index (χ4v) is 4.73. The van der Waals surface area contributed by atoms with Gasteiger partial charge in [0.15, 0.2) is 0 Å². The Labute approximate surface area is 209 Å². The summed E-state index contributed by atoms with van der Waals surface area (Å²) in [6.07, 6.45) is 1.98. The highest BCUT2D eigenvalue weighted by atomic mass is 32.2. The third-order valence-electron chi connectivity index (χ3n) is 5.48. The average molecular weight is 486 g/mol. The van der Waals surface area contributed by atoms with E-state index in [0.29, 0.717) is 18.7 Å². The van der Waals surface area contributed by atoms with Crippen LogP contribution in [0.15, 0.2) is 96.0 Å². The molecule has 1 heterocycles.